The van der Waals surface area contributed by atoms with Crippen LogP contribution in [0.3, 0.4) is 0 Å². The Bertz CT molecular complexity index is 474. The van der Waals surface area contributed by atoms with E-state index in [2.05, 4.69) is 20.5 Å². The van der Waals surface area contributed by atoms with Crippen LogP contribution in [0.4, 0.5) is 0 Å². The molecule has 1 amide bonds. The lowest BCUT2D eigenvalue weighted by Crippen LogP contribution is -2.40. The van der Waals surface area contributed by atoms with Crippen molar-refractivity contribution >= 4 is 5.91 Å². The molecule has 6 heteroatoms. The van der Waals surface area contributed by atoms with Crippen LogP contribution >= 0.6 is 0 Å². The maximum Gasteiger partial charge on any atom is 0.222 e. The van der Waals surface area contributed by atoms with Gasteiger partial charge in [0.1, 0.15) is 5.82 Å². The first-order chi connectivity index (χ1) is 9.60. The smallest absolute Gasteiger partial charge is 0.222 e. The molecule has 110 valence electrons. The number of carbonyl (C=O) groups excluding carboxylic acids is 1. The van der Waals surface area contributed by atoms with Gasteiger partial charge in [-0.1, -0.05) is 0 Å². The molecule has 2 N–H and O–H groups in total. The molecule has 2 atom stereocenters. The molecule has 6 nitrogen and oxygen atoms in total. The van der Waals surface area contributed by atoms with Crippen LogP contribution in [0.15, 0.2) is 0 Å². The summed E-state index contributed by atoms with van der Waals surface area (Å²) in [7, 11) is 1.84. The SMILES string of the molecule is Cc1nc(CN(C)C(=O)CC2CC3CCC(C2)N3)n[nH]1. The van der Waals surface area contributed by atoms with Gasteiger partial charge in [-0.05, 0) is 38.5 Å². The maximum atomic E-state index is 12.3. The van der Waals surface area contributed by atoms with Crippen molar-refractivity contribution in [2.24, 2.45) is 5.92 Å². The average molecular weight is 277 g/mol. The van der Waals surface area contributed by atoms with E-state index in [-0.39, 0.29) is 5.91 Å². The monoisotopic (exact) mass is 277 g/mol. The molecule has 1 aromatic rings. The molecule has 0 saturated carbocycles. The number of nitrogens with one attached hydrogen (secondary N) is 2. The number of fused-ring (bicyclic) bond motifs is 2. The summed E-state index contributed by atoms with van der Waals surface area (Å²) in [6.07, 6.45) is 5.52. The number of hydrogen-bond acceptors (Lipinski definition) is 4. The molecule has 0 aromatic carbocycles. The number of nitrogens with zero attached hydrogens (tertiary/aromatic N) is 3. The predicted molar refractivity (Wildman–Crippen MR) is 74.9 cm³/mol. The van der Waals surface area contributed by atoms with Gasteiger partial charge in [0, 0.05) is 25.6 Å². The van der Waals surface area contributed by atoms with Gasteiger partial charge in [0.05, 0.1) is 6.54 Å². The van der Waals surface area contributed by atoms with E-state index in [9.17, 15) is 4.79 Å². The van der Waals surface area contributed by atoms with Crippen LogP contribution in [0.1, 0.15) is 43.8 Å². The number of aromatic amines is 1. The van der Waals surface area contributed by atoms with Gasteiger partial charge in [-0.3, -0.25) is 9.89 Å². The van der Waals surface area contributed by atoms with E-state index in [1.807, 2.05) is 14.0 Å². The van der Waals surface area contributed by atoms with E-state index in [0.29, 0.717) is 36.8 Å². The quantitative estimate of drug-likeness (QED) is 0.861. The van der Waals surface area contributed by atoms with Gasteiger partial charge in [0.25, 0.3) is 0 Å². The van der Waals surface area contributed by atoms with Crippen molar-refractivity contribution in [1.82, 2.24) is 25.4 Å². The molecule has 2 aliphatic rings. The highest BCUT2D eigenvalue weighted by Gasteiger charge is 2.34. The Hall–Kier alpha value is -1.43. The lowest BCUT2D eigenvalue weighted by Gasteiger charge is -2.29. The van der Waals surface area contributed by atoms with Crippen molar-refractivity contribution in [1.29, 1.82) is 0 Å². The van der Waals surface area contributed by atoms with Crippen molar-refractivity contribution in [3.8, 4) is 0 Å². The zero-order valence-electron chi connectivity index (χ0n) is 12.2. The third-order valence-corrected chi connectivity index (χ3v) is 4.48. The molecule has 2 bridgehead atoms. The zero-order chi connectivity index (χ0) is 14.1. The Morgan fingerprint density at radius 2 is 2.05 bits per heavy atom. The minimum absolute atomic E-state index is 0.207. The third-order valence-electron chi connectivity index (χ3n) is 4.48. The number of amides is 1. The number of rotatable bonds is 4. The first-order valence-electron chi connectivity index (χ1n) is 7.48. The van der Waals surface area contributed by atoms with Gasteiger partial charge in [0.2, 0.25) is 5.91 Å². The van der Waals surface area contributed by atoms with Crippen LogP contribution in [-0.2, 0) is 11.3 Å². The average Bonchev–Trinajstić information content (AvgIpc) is 2.95. The van der Waals surface area contributed by atoms with Crippen LogP contribution in [0.5, 0.6) is 0 Å². The minimum atomic E-state index is 0.207. The number of piperidine rings is 1. The maximum absolute atomic E-state index is 12.3. The van der Waals surface area contributed by atoms with E-state index in [0.717, 1.165) is 18.7 Å². The highest BCUT2D eigenvalue weighted by atomic mass is 16.2. The van der Waals surface area contributed by atoms with Crippen molar-refractivity contribution in [3.63, 3.8) is 0 Å². The molecule has 1 aromatic heterocycles. The van der Waals surface area contributed by atoms with Crippen molar-refractivity contribution in [2.75, 3.05) is 7.05 Å². The molecule has 2 unspecified atom stereocenters. The topological polar surface area (TPSA) is 73.9 Å². The highest BCUT2D eigenvalue weighted by molar-refractivity contribution is 5.76. The van der Waals surface area contributed by atoms with Crippen LogP contribution in [-0.4, -0.2) is 45.1 Å². The molecule has 0 radical (unpaired) electrons. The first kappa shape index (κ1) is 13.5. The standard InChI is InChI=1S/C14H23N5O/c1-9-15-13(18-17-9)8-19(2)14(20)7-10-5-11-3-4-12(6-10)16-11/h10-12,16H,3-8H2,1-2H3,(H,15,17,18). The number of hydrogen-bond donors (Lipinski definition) is 2. The van der Waals surface area contributed by atoms with Gasteiger partial charge in [-0.15, -0.1) is 0 Å². The number of carbonyl (C=O) groups is 1. The first-order valence-corrected chi connectivity index (χ1v) is 7.48. The summed E-state index contributed by atoms with van der Waals surface area (Å²) in [4.78, 5) is 18.3. The summed E-state index contributed by atoms with van der Waals surface area (Å²) in [6.45, 7) is 2.35. The van der Waals surface area contributed by atoms with Crippen LogP contribution < -0.4 is 5.32 Å². The molecule has 2 fully saturated rings. The summed E-state index contributed by atoms with van der Waals surface area (Å²) in [5, 5.41) is 10.5. The van der Waals surface area contributed by atoms with Crippen molar-refractivity contribution in [2.45, 2.75) is 57.7 Å². The fraction of sp³-hybridized carbons (Fsp3) is 0.786. The Kier molecular flexibility index (Phi) is 3.74. The van der Waals surface area contributed by atoms with Crippen LogP contribution in [0.25, 0.3) is 0 Å². The molecular formula is C14H23N5O. The second-order valence-corrected chi connectivity index (χ2v) is 6.27. The lowest BCUT2D eigenvalue weighted by molar-refractivity contribution is -0.131. The molecular weight excluding hydrogens is 254 g/mol. The molecule has 3 heterocycles. The second kappa shape index (κ2) is 5.52. The third kappa shape index (κ3) is 3.00. The Labute approximate surface area is 119 Å². The minimum Gasteiger partial charge on any atom is -0.338 e. The van der Waals surface area contributed by atoms with Crippen LogP contribution in [0, 0.1) is 12.8 Å². The van der Waals surface area contributed by atoms with Gasteiger partial charge in [-0.25, -0.2) is 4.98 Å². The molecule has 2 aliphatic heterocycles. The Balaban J connectivity index is 1.51. The van der Waals surface area contributed by atoms with Gasteiger partial charge in [-0.2, -0.15) is 5.10 Å². The van der Waals surface area contributed by atoms with E-state index < -0.39 is 0 Å². The largest absolute Gasteiger partial charge is 0.338 e. The van der Waals surface area contributed by atoms with Crippen molar-refractivity contribution < 1.29 is 4.79 Å². The summed E-state index contributed by atoms with van der Waals surface area (Å²) >= 11 is 0. The second-order valence-electron chi connectivity index (χ2n) is 6.27. The highest BCUT2D eigenvalue weighted by Crippen LogP contribution is 2.32. The summed E-state index contributed by atoms with van der Waals surface area (Å²) in [6, 6.07) is 1.29. The predicted octanol–water partition coefficient (Wildman–Crippen LogP) is 0.992. The molecule has 20 heavy (non-hydrogen) atoms. The van der Waals surface area contributed by atoms with E-state index in [1.54, 1.807) is 4.90 Å². The van der Waals surface area contributed by atoms with E-state index in [1.165, 1.54) is 12.8 Å². The number of aromatic nitrogens is 3. The fourth-order valence-corrected chi connectivity index (χ4v) is 3.50. The normalized spacial score (nSPS) is 28.6. The number of aryl methyl sites for hydroxylation is 1. The fourth-order valence-electron chi connectivity index (χ4n) is 3.50. The number of H-pyrrole nitrogens is 1. The van der Waals surface area contributed by atoms with Gasteiger partial charge >= 0.3 is 0 Å². The van der Waals surface area contributed by atoms with E-state index >= 15 is 0 Å². The molecule has 0 aliphatic carbocycles. The Morgan fingerprint density at radius 1 is 1.35 bits per heavy atom. The summed E-state index contributed by atoms with van der Waals surface area (Å²) in [5.41, 5.74) is 0. The zero-order valence-corrected chi connectivity index (χ0v) is 12.2. The Morgan fingerprint density at radius 3 is 2.65 bits per heavy atom. The van der Waals surface area contributed by atoms with Gasteiger partial charge in [0.15, 0.2) is 5.82 Å². The van der Waals surface area contributed by atoms with Crippen molar-refractivity contribution in [3.05, 3.63) is 11.6 Å². The van der Waals surface area contributed by atoms with E-state index in [4.69, 9.17) is 0 Å². The van der Waals surface area contributed by atoms with Crippen LogP contribution in [0.2, 0.25) is 0 Å². The summed E-state index contributed by atoms with van der Waals surface area (Å²) < 4.78 is 0. The van der Waals surface area contributed by atoms with Gasteiger partial charge < -0.3 is 10.2 Å². The summed E-state index contributed by atoms with van der Waals surface area (Å²) in [5.74, 6) is 2.22. The molecule has 3 rings (SSSR count). The molecule has 2 saturated heterocycles. The molecule has 0 spiro atoms. The lowest BCUT2D eigenvalue weighted by atomic mass is 9.89.